The lowest BCUT2D eigenvalue weighted by atomic mass is 10.3. The van der Waals surface area contributed by atoms with Crippen molar-refractivity contribution >= 4 is 40.4 Å². The van der Waals surface area contributed by atoms with Gasteiger partial charge in [0.15, 0.2) is 4.47 Å². The number of rotatable bonds is 5. The number of benzene rings is 1. The Kier molecular flexibility index (Phi) is 4.79. The minimum Gasteiger partial charge on any atom is -0.380 e. The largest absolute Gasteiger partial charge is 0.380 e. The number of aromatic nitrogens is 1. The van der Waals surface area contributed by atoms with Crippen LogP contribution in [0.4, 0.5) is 14.5 Å². The SMILES string of the molecule is FC(F)Sc1cccc(NCc2cnc(Cl)s2)c1. The van der Waals surface area contributed by atoms with Gasteiger partial charge in [-0.2, -0.15) is 8.78 Å². The third kappa shape index (κ3) is 4.12. The zero-order chi connectivity index (χ0) is 13.0. The second-order valence-corrected chi connectivity index (χ2v) is 6.10. The Labute approximate surface area is 116 Å². The van der Waals surface area contributed by atoms with E-state index in [4.69, 9.17) is 11.6 Å². The topological polar surface area (TPSA) is 24.9 Å². The van der Waals surface area contributed by atoms with Crippen molar-refractivity contribution in [2.45, 2.75) is 17.2 Å². The molecular formula is C11H9ClF2N2S2. The molecule has 18 heavy (non-hydrogen) atoms. The molecule has 0 atom stereocenters. The number of thiazole rings is 1. The lowest BCUT2D eigenvalue weighted by Crippen LogP contribution is -1.97. The second kappa shape index (κ2) is 6.36. The van der Waals surface area contributed by atoms with E-state index in [1.165, 1.54) is 11.3 Å². The molecule has 0 saturated heterocycles. The van der Waals surface area contributed by atoms with E-state index in [1.54, 1.807) is 24.4 Å². The van der Waals surface area contributed by atoms with Crippen LogP contribution in [-0.2, 0) is 6.54 Å². The quantitative estimate of drug-likeness (QED) is 0.809. The Morgan fingerprint density at radius 3 is 2.94 bits per heavy atom. The zero-order valence-corrected chi connectivity index (χ0v) is 11.5. The summed E-state index contributed by atoms with van der Waals surface area (Å²) in [6.45, 7) is 0.577. The predicted molar refractivity (Wildman–Crippen MR) is 72.8 cm³/mol. The maximum Gasteiger partial charge on any atom is 0.288 e. The van der Waals surface area contributed by atoms with E-state index in [0.717, 1.165) is 10.6 Å². The summed E-state index contributed by atoms with van der Waals surface area (Å²) in [6.07, 6.45) is 1.69. The van der Waals surface area contributed by atoms with Gasteiger partial charge in [-0.15, -0.1) is 11.3 Å². The van der Waals surface area contributed by atoms with Crippen LogP contribution in [0.2, 0.25) is 4.47 Å². The lowest BCUT2D eigenvalue weighted by molar-refractivity contribution is 0.252. The number of alkyl halides is 2. The molecule has 0 aliphatic rings. The van der Waals surface area contributed by atoms with Crippen molar-refractivity contribution in [3.05, 3.63) is 39.8 Å². The molecule has 7 heteroatoms. The van der Waals surface area contributed by atoms with Gasteiger partial charge in [0.2, 0.25) is 0 Å². The van der Waals surface area contributed by atoms with Gasteiger partial charge < -0.3 is 5.32 Å². The Morgan fingerprint density at radius 2 is 2.28 bits per heavy atom. The minimum atomic E-state index is -2.40. The van der Waals surface area contributed by atoms with E-state index in [-0.39, 0.29) is 0 Å². The maximum absolute atomic E-state index is 12.2. The standard InChI is InChI=1S/C11H9ClF2N2S2/c12-10-16-6-9(17-10)5-15-7-2-1-3-8(4-7)18-11(13)14/h1-4,6,11,15H,5H2. The van der Waals surface area contributed by atoms with Crippen LogP contribution >= 0.6 is 34.7 Å². The molecule has 0 aliphatic heterocycles. The van der Waals surface area contributed by atoms with Crippen molar-refractivity contribution in [2.75, 3.05) is 5.32 Å². The summed E-state index contributed by atoms with van der Waals surface area (Å²) >= 11 is 7.64. The molecule has 1 heterocycles. The van der Waals surface area contributed by atoms with Crippen LogP contribution in [-0.4, -0.2) is 10.7 Å². The van der Waals surface area contributed by atoms with Gasteiger partial charge in [-0.3, -0.25) is 0 Å². The molecule has 0 aliphatic carbocycles. The molecule has 0 saturated carbocycles. The molecule has 1 N–H and O–H groups in total. The third-order valence-electron chi connectivity index (χ3n) is 2.05. The van der Waals surface area contributed by atoms with Gasteiger partial charge in [-0.05, 0) is 18.2 Å². The molecule has 0 unspecified atom stereocenters. The highest BCUT2D eigenvalue weighted by Crippen LogP contribution is 2.27. The van der Waals surface area contributed by atoms with Gasteiger partial charge in [0.05, 0.1) is 6.54 Å². The average Bonchev–Trinajstić information content (AvgIpc) is 2.72. The normalized spacial score (nSPS) is 10.9. The van der Waals surface area contributed by atoms with Crippen LogP contribution in [0.15, 0.2) is 35.4 Å². The van der Waals surface area contributed by atoms with Crippen molar-refractivity contribution in [2.24, 2.45) is 0 Å². The van der Waals surface area contributed by atoms with Crippen molar-refractivity contribution in [3.63, 3.8) is 0 Å². The minimum absolute atomic E-state index is 0.494. The number of nitrogens with one attached hydrogen (secondary N) is 1. The first kappa shape index (κ1) is 13.6. The number of thioether (sulfide) groups is 1. The summed E-state index contributed by atoms with van der Waals surface area (Å²) in [5.41, 5.74) is 0.796. The summed E-state index contributed by atoms with van der Waals surface area (Å²) < 4.78 is 24.9. The second-order valence-electron chi connectivity index (χ2n) is 3.34. The van der Waals surface area contributed by atoms with E-state index in [9.17, 15) is 8.78 Å². The summed E-state index contributed by atoms with van der Waals surface area (Å²) in [6, 6.07) is 6.93. The smallest absolute Gasteiger partial charge is 0.288 e. The molecule has 0 amide bonds. The van der Waals surface area contributed by atoms with Gasteiger partial charge in [0, 0.05) is 21.7 Å². The maximum atomic E-state index is 12.2. The van der Waals surface area contributed by atoms with Crippen molar-refractivity contribution in [1.29, 1.82) is 0 Å². The monoisotopic (exact) mass is 306 g/mol. The first-order chi connectivity index (χ1) is 8.63. The fourth-order valence-corrected chi connectivity index (χ4v) is 2.81. The molecule has 0 fully saturated rings. The highest BCUT2D eigenvalue weighted by Gasteiger charge is 2.05. The van der Waals surface area contributed by atoms with Crippen LogP contribution < -0.4 is 5.32 Å². The number of hydrogen-bond acceptors (Lipinski definition) is 4. The van der Waals surface area contributed by atoms with Crippen LogP contribution in [0.3, 0.4) is 0 Å². The number of anilines is 1. The van der Waals surface area contributed by atoms with E-state index < -0.39 is 5.76 Å². The van der Waals surface area contributed by atoms with E-state index >= 15 is 0 Å². The van der Waals surface area contributed by atoms with E-state index in [1.807, 2.05) is 6.07 Å². The highest BCUT2D eigenvalue weighted by atomic mass is 35.5. The molecule has 0 spiro atoms. The molecule has 2 nitrogen and oxygen atoms in total. The van der Waals surface area contributed by atoms with Crippen molar-refractivity contribution in [3.8, 4) is 0 Å². The summed E-state index contributed by atoms with van der Waals surface area (Å²) in [4.78, 5) is 5.46. The van der Waals surface area contributed by atoms with Crippen LogP contribution in [0.1, 0.15) is 4.88 Å². The Balaban J connectivity index is 1.96. The van der Waals surface area contributed by atoms with Crippen LogP contribution in [0.25, 0.3) is 0 Å². The van der Waals surface area contributed by atoms with Gasteiger partial charge in [0.25, 0.3) is 5.76 Å². The molecule has 2 aromatic rings. The van der Waals surface area contributed by atoms with E-state index in [2.05, 4.69) is 10.3 Å². The zero-order valence-electron chi connectivity index (χ0n) is 9.07. The summed E-state index contributed by atoms with van der Waals surface area (Å²) in [5, 5.41) is 3.14. The van der Waals surface area contributed by atoms with Gasteiger partial charge in [0.1, 0.15) is 0 Å². The summed E-state index contributed by atoms with van der Waals surface area (Å²) in [5.74, 6) is -2.40. The molecule has 0 bridgehead atoms. The Hall–Kier alpha value is -0.850. The van der Waals surface area contributed by atoms with Crippen LogP contribution in [0, 0.1) is 0 Å². The first-order valence-electron chi connectivity index (χ1n) is 5.02. The van der Waals surface area contributed by atoms with Crippen molar-refractivity contribution < 1.29 is 8.78 Å². The number of nitrogens with zero attached hydrogens (tertiary/aromatic N) is 1. The third-order valence-corrected chi connectivity index (χ3v) is 3.87. The van der Waals surface area contributed by atoms with Gasteiger partial charge in [-0.1, -0.05) is 29.4 Å². The Bertz CT molecular complexity index is 519. The molecule has 1 aromatic heterocycles. The molecule has 0 radical (unpaired) electrons. The fourth-order valence-electron chi connectivity index (χ4n) is 1.34. The fraction of sp³-hybridized carbons (Fsp3) is 0.182. The van der Waals surface area contributed by atoms with Crippen LogP contribution in [0.5, 0.6) is 0 Å². The molecule has 96 valence electrons. The summed E-state index contributed by atoms with van der Waals surface area (Å²) in [7, 11) is 0. The van der Waals surface area contributed by atoms with E-state index in [0.29, 0.717) is 27.7 Å². The van der Waals surface area contributed by atoms with Gasteiger partial charge in [-0.25, -0.2) is 4.98 Å². The number of halogens is 3. The molecule has 2 rings (SSSR count). The number of hydrogen-bond donors (Lipinski definition) is 1. The van der Waals surface area contributed by atoms with Gasteiger partial charge >= 0.3 is 0 Å². The first-order valence-corrected chi connectivity index (χ1v) is 7.10. The molecule has 1 aromatic carbocycles. The lowest BCUT2D eigenvalue weighted by Gasteiger charge is -2.06. The van der Waals surface area contributed by atoms with Crippen molar-refractivity contribution in [1.82, 2.24) is 4.98 Å². The average molecular weight is 307 g/mol. The molecular weight excluding hydrogens is 298 g/mol. The Morgan fingerprint density at radius 1 is 1.44 bits per heavy atom. The highest BCUT2D eigenvalue weighted by molar-refractivity contribution is 7.99. The predicted octanol–water partition coefficient (Wildman–Crippen LogP) is 4.72.